The first-order valence-corrected chi connectivity index (χ1v) is 13.0. The third kappa shape index (κ3) is 3.94. The van der Waals surface area contributed by atoms with Crippen molar-refractivity contribution in [2.75, 3.05) is 0 Å². The van der Waals surface area contributed by atoms with Gasteiger partial charge in [0.1, 0.15) is 4.83 Å². The van der Waals surface area contributed by atoms with E-state index < -0.39 is 0 Å². The van der Waals surface area contributed by atoms with Crippen molar-refractivity contribution in [3.8, 4) is 16.1 Å². The maximum Gasteiger partial charge on any atom is 0.263 e. The van der Waals surface area contributed by atoms with Crippen LogP contribution < -0.4 is 5.56 Å². The van der Waals surface area contributed by atoms with Crippen LogP contribution in [0.1, 0.15) is 17.0 Å². The zero-order valence-corrected chi connectivity index (χ0v) is 20.5. The zero-order chi connectivity index (χ0) is 22.9. The van der Waals surface area contributed by atoms with Crippen LogP contribution in [0, 0.1) is 13.8 Å². The Bertz CT molecular complexity index is 1490. The highest BCUT2D eigenvalue weighted by atomic mass is 32.2. The van der Waals surface area contributed by atoms with Gasteiger partial charge in [0.05, 0.1) is 16.8 Å². The second-order valence-electron chi connectivity index (χ2n) is 7.44. The molecule has 0 amide bonds. The fourth-order valence-electron chi connectivity index (χ4n) is 3.76. The predicted octanol–water partition coefficient (Wildman–Crippen LogP) is 5.26. The molecule has 4 aromatic heterocycles. The van der Waals surface area contributed by atoms with Crippen LogP contribution in [-0.4, -0.2) is 29.8 Å². The van der Waals surface area contributed by atoms with Gasteiger partial charge in [-0.25, -0.2) is 4.98 Å². The average Bonchev–Trinajstić information content (AvgIpc) is 3.55. The van der Waals surface area contributed by atoms with Crippen LogP contribution in [0.3, 0.4) is 0 Å². The van der Waals surface area contributed by atoms with Gasteiger partial charge in [-0.15, -0.1) is 34.4 Å². The van der Waals surface area contributed by atoms with Crippen molar-refractivity contribution in [3.05, 3.63) is 81.1 Å². The zero-order valence-electron chi connectivity index (χ0n) is 18.1. The van der Waals surface area contributed by atoms with Crippen molar-refractivity contribution in [3.63, 3.8) is 0 Å². The minimum absolute atomic E-state index is 0.0543. The van der Waals surface area contributed by atoms with Gasteiger partial charge in [-0.1, -0.05) is 42.1 Å². The number of para-hydroxylation sites is 1. The molecule has 1 aromatic carbocycles. The van der Waals surface area contributed by atoms with Crippen molar-refractivity contribution < 1.29 is 0 Å². The Kier molecular flexibility index (Phi) is 5.96. The number of aryl methyl sites for hydroxylation is 2. The molecular formula is C23H20N6OS3. The molecular weight excluding hydrogens is 472 g/mol. The molecule has 0 atom stereocenters. The molecule has 5 aromatic rings. The largest absolute Gasteiger partial charge is 0.283 e. The van der Waals surface area contributed by atoms with Crippen LogP contribution in [-0.2, 0) is 12.3 Å². The molecule has 0 fully saturated rings. The van der Waals surface area contributed by atoms with E-state index >= 15 is 0 Å². The summed E-state index contributed by atoms with van der Waals surface area (Å²) in [6.45, 7) is 8.30. The Morgan fingerprint density at radius 2 is 1.97 bits per heavy atom. The van der Waals surface area contributed by atoms with Crippen molar-refractivity contribution in [2.24, 2.45) is 0 Å². The summed E-state index contributed by atoms with van der Waals surface area (Å²) in [6.07, 6.45) is 1.72. The van der Waals surface area contributed by atoms with Gasteiger partial charge in [-0.3, -0.25) is 9.36 Å². The van der Waals surface area contributed by atoms with Crippen molar-refractivity contribution in [1.82, 2.24) is 29.8 Å². The highest BCUT2D eigenvalue weighted by molar-refractivity contribution is 7.98. The Labute approximate surface area is 202 Å². The van der Waals surface area contributed by atoms with E-state index in [-0.39, 0.29) is 5.56 Å². The fraction of sp³-hybridized carbons (Fsp3) is 0.174. The van der Waals surface area contributed by atoms with Crippen LogP contribution in [0.15, 0.2) is 63.7 Å². The van der Waals surface area contributed by atoms with Crippen molar-refractivity contribution >= 4 is 44.7 Å². The first-order chi connectivity index (χ1) is 16.1. The Balaban J connectivity index is 1.53. The van der Waals surface area contributed by atoms with Gasteiger partial charge in [-0.05, 0) is 46.8 Å². The molecule has 0 unspecified atom stereocenters. The van der Waals surface area contributed by atoms with Crippen LogP contribution in [0.25, 0.3) is 26.3 Å². The number of fused-ring (bicyclic) bond motifs is 1. The van der Waals surface area contributed by atoms with Crippen LogP contribution in [0.2, 0.25) is 0 Å². The summed E-state index contributed by atoms with van der Waals surface area (Å²) >= 11 is 4.56. The number of tetrazole rings is 1. The number of hydrogen-bond donors (Lipinski definition) is 0. The second kappa shape index (κ2) is 9.05. The third-order valence-electron chi connectivity index (χ3n) is 5.27. The number of rotatable bonds is 7. The van der Waals surface area contributed by atoms with Gasteiger partial charge in [0, 0.05) is 22.4 Å². The van der Waals surface area contributed by atoms with E-state index in [1.165, 1.54) is 23.1 Å². The minimum Gasteiger partial charge on any atom is -0.283 e. The number of hydrogen-bond acceptors (Lipinski definition) is 8. The van der Waals surface area contributed by atoms with Crippen LogP contribution >= 0.6 is 34.4 Å². The lowest BCUT2D eigenvalue weighted by atomic mass is 10.1. The minimum atomic E-state index is -0.0543. The Hall–Kier alpha value is -3.08. The lowest BCUT2D eigenvalue weighted by Crippen LogP contribution is -2.22. The number of nitrogens with zero attached hydrogens (tertiary/aromatic N) is 6. The summed E-state index contributed by atoms with van der Waals surface area (Å²) in [6, 6.07) is 10.1. The molecule has 0 aliphatic carbocycles. The first-order valence-electron chi connectivity index (χ1n) is 10.2. The van der Waals surface area contributed by atoms with E-state index in [1.54, 1.807) is 26.7 Å². The summed E-state index contributed by atoms with van der Waals surface area (Å²) in [5.74, 6) is 1.17. The average molecular weight is 493 g/mol. The summed E-state index contributed by atoms with van der Waals surface area (Å²) in [5.41, 5.74) is 4.05. The molecule has 0 aliphatic rings. The molecule has 4 heterocycles. The predicted molar refractivity (Wildman–Crippen MR) is 136 cm³/mol. The SMILES string of the molecule is C=CCn1c(SCc2nnnn2-c2c(C)cccc2C)nc2scc(-c3cccs3)c2c1=O. The molecule has 10 heteroatoms. The van der Waals surface area contributed by atoms with E-state index in [1.807, 2.05) is 54.9 Å². The number of allylic oxidation sites excluding steroid dienone is 1. The Morgan fingerprint density at radius 3 is 2.70 bits per heavy atom. The molecule has 0 N–H and O–H groups in total. The molecule has 0 saturated heterocycles. The molecule has 166 valence electrons. The smallest absolute Gasteiger partial charge is 0.263 e. The van der Waals surface area contributed by atoms with E-state index in [9.17, 15) is 4.79 Å². The molecule has 33 heavy (non-hydrogen) atoms. The summed E-state index contributed by atoms with van der Waals surface area (Å²) < 4.78 is 3.45. The highest BCUT2D eigenvalue weighted by Crippen LogP contribution is 2.35. The number of thiophene rings is 2. The van der Waals surface area contributed by atoms with E-state index in [0.29, 0.717) is 28.7 Å². The van der Waals surface area contributed by atoms with Crippen LogP contribution in [0.5, 0.6) is 0 Å². The van der Waals surface area contributed by atoms with Gasteiger partial charge >= 0.3 is 0 Å². The standard InChI is InChI=1S/C23H20N6OS3/c1-4-10-28-22(30)19-16(17-9-6-11-31-17)12-32-21(19)24-23(28)33-13-18-25-26-27-29(18)20-14(2)7-5-8-15(20)3/h4-9,11-12H,1,10,13H2,2-3H3. The summed E-state index contributed by atoms with van der Waals surface area (Å²) in [5, 5.41) is 17.7. The lowest BCUT2D eigenvalue weighted by molar-refractivity contribution is 0.672. The molecule has 0 bridgehead atoms. The van der Waals surface area contributed by atoms with Gasteiger partial charge in [0.25, 0.3) is 5.56 Å². The van der Waals surface area contributed by atoms with Crippen molar-refractivity contribution in [2.45, 2.75) is 31.3 Å². The monoisotopic (exact) mass is 492 g/mol. The van der Waals surface area contributed by atoms with Crippen molar-refractivity contribution in [1.29, 1.82) is 0 Å². The van der Waals surface area contributed by atoms with Crippen LogP contribution in [0.4, 0.5) is 0 Å². The Morgan fingerprint density at radius 1 is 1.15 bits per heavy atom. The lowest BCUT2D eigenvalue weighted by Gasteiger charge is -2.12. The number of aromatic nitrogens is 6. The van der Waals surface area contributed by atoms with E-state index in [2.05, 4.69) is 22.1 Å². The number of thioether (sulfide) groups is 1. The second-order valence-corrected chi connectivity index (χ2v) is 10.2. The molecule has 5 rings (SSSR count). The quantitative estimate of drug-likeness (QED) is 0.175. The molecule has 0 aliphatic heterocycles. The molecule has 0 spiro atoms. The maximum absolute atomic E-state index is 13.5. The molecule has 0 radical (unpaired) electrons. The molecule has 7 nitrogen and oxygen atoms in total. The topological polar surface area (TPSA) is 78.5 Å². The van der Waals surface area contributed by atoms with Gasteiger partial charge in [0.15, 0.2) is 11.0 Å². The maximum atomic E-state index is 13.5. The van der Waals surface area contributed by atoms with Gasteiger partial charge < -0.3 is 0 Å². The number of benzene rings is 1. The highest BCUT2D eigenvalue weighted by Gasteiger charge is 2.19. The van der Waals surface area contributed by atoms with Gasteiger partial charge in [-0.2, -0.15) is 4.68 Å². The fourth-order valence-corrected chi connectivity index (χ4v) is 6.47. The molecule has 0 saturated carbocycles. The summed E-state index contributed by atoms with van der Waals surface area (Å²) in [7, 11) is 0. The van der Waals surface area contributed by atoms with E-state index in [4.69, 9.17) is 4.98 Å². The normalized spacial score (nSPS) is 11.3. The first kappa shape index (κ1) is 21.7. The third-order valence-corrected chi connectivity index (χ3v) is 8.02. The van der Waals surface area contributed by atoms with E-state index in [0.717, 1.165) is 32.1 Å². The van der Waals surface area contributed by atoms with Gasteiger partial charge in [0.2, 0.25) is 0 Å². The summed E-state index contributed by atoms with van der Waals surface area (Å²) in [4.78, 5) is 20.1.